The Balaban J connectivity index is 1.77. The van der Waals surface area contributed by atoms with Gasteiger partial charge in [-0.3, -0.25) is 5.10 Å². The van der Waals surface area contributed by atoms with E-state index in [-0.39, 0.29) is 0 Å². The second-order valence-electron chi connectivity index (χ2n) is 5.19. The smallest absolute Gasteiger partial charge is 0.245 e. The zero-order valence-electron chi connectivity index (χ0n) is 11.7. The molecule has 112 valence electrons. The molecule has 2 aromatic rings. The molecule has 2 N–H and O–H groups in total. The Morgan fingerprint density at radius 1 is 1.33 bits per heavy atom. The summed E-state index contributed by atoms with van der Waals surface area (Å²) in [4.78, 5) is 6.81. The highest BCUT2D eigenvalue weighted by molar-refractivity contribution is 9.10. The maximum Gasteiger partial charge on any atom is 0.245 e. The van der Waals surface area contributed by atoms with E-state index in [0.717, 1.165) is 47.7 Å². The molecule has 0 unspecified atom stereocenters. The average molecular weight is 371 g/mol. The van der Waals surface area contributed by atoms with Gasteiger partial charge in [-0.2, -0.15) is 4.98 Å². The quantitative estimate of drug-likeness (QED) is 0.872. The summed E-state index contributed by atoms with van der Waals surface area (Å²) in [6.07, 6.45) is 2.23. The van der Waals surface area contributed by atoms with E-state index in [9.17, 15) is 0 Å². The maximum absolute atomic E-state index is 6.08. The fourth-order valence-electron chi connectivity index (χ4n) is 2.58. The number of aromatic nitrogens is 3. The van der Waals surface area contributed by atoms with Gasteiger partial charge in [-0.05, 0) is 38.1 Å². The van der Waals surface area contributed by atoms with Crippen molar-refractivity contribution in [3.63, 3.8) is 0 Å². The minimum atomic E-state index is 0.601. The fraction of sp³-hybridized carbons (Fsp3) is 0.429. The third-order valence-corrected chi connectivity index (χ3v) is 4.47. The molecular formula is C14H17BrClN5. The lowest BCUT2D eigenvalue weighted by molar-refractivity contribution is 0.439. The van der Waals surface area contributed by atoms with Gasteiger partial charge in [0, 0.05) is 34.2 Å². The summed E-state index contributed by atoms with van der Waals surface area (Å²) in [5.74, 6) is 1.50. The van der Waals surface area contributed by atoms with Crippen molar-refractivity contribution in [3.05, 3.63) is 27.7 Å². The number of aromatic amines is 1. The number of halogens is 2. The van der Waals surface area contributed by atoms with Crippen LogP contribution in [0.15, 0.2) is 22.7 Å². The van der Waals surface area contributed by atoms with Gasteiger partial charge in [-0.15, -0.1) is 5.10 Å². The van der Waals surface area contributed by atoms with E-state index in [2.05, 4.69) is 41.3 Å². The normalized spacial score (nSPS) is 16.4. The van der Waals surface area contributed by atoms with E-state index in [4.69, 9.17) is 11.6 Å². The molecule has 0 radical (unpaired) electrons. The first-order chi connectivity index (χ1) is 10.2. The number of rotatable bonds is 3. The minimum absolute atomic E-state index is 0.601. The summed E-state index contributed by atoms with van der Waals surface area (Å²) in [5, 5.41) is 11.3. The lowest BCUT2D eigenvalue weighted by Gasteiger charge is -2.30. The Labute approximate surface area is 137 Å². The highest BCUT2D eigenvalue weighted by atomic mass is 79.9. The molecule has 1 aliphatic rings. The molecule has 7 heteroatoms. The van der Waals surface area contributed by atoms with E-state index < -0.39 is 0 Å². The van der Waals surface area contributed by atoms with Crippen LogP contribution >= 0.6 is 27.5 Å². The predicted octanol–water partition coefficient (Wildman–Crippen LogP) is 3.08. The monoisotopic (exact) mass is 369 g/mol. The first-order valence-electron chi connectivity index (χ1n) is 6.97. The van der Waals surface area contributed by atoms with Crippen molar-refractivity contribution in [2.45, 2.75) is 18.9 Å². The van der Waals surface area contributed by atoms with Gasteiger partial charge >= 0.3 is 0 Å². The summed E-state index contributed by atoms with van der Waals surface area (Å²) >= 11 is 9.52. The van der Waals surface area contributed by atoms with Gasteiger partial charge in [-0.25, -0.2) is 0 Å². The number of nitrogens with zero attached hydrogens (tertiary/aromatic N) is 3. The third kappa shape index (κ3) is 3.39. The van der Waals surface area contributed by atoms with E-state index in [0.29, 0.717) is 11.1 Å². The summed E-state index contributed by atoms with van der Waals surface area (Å²) in [6, 6.07) is 6.31. The standard InChI is InChI=1S/C14H17BrClN5/c1-17-12-2-4-21(5-3-12)14-18-13(19-20-14)9-6-10(15)8-11(16)7-9/h6-8,12,17H,2-5H2,1H3,(H,18,19,20). The Hall–Kier alpha value is -1.11. The predicted molar refractivity (Wildman–Crippen MR) is 88.8 cm³/mol. The van der Waals surface area contributed by atoms with Crippen molar-refractivity contribution >= 4 is 33.5 Å². The molecule has 0 atom stereocenters. The minimum Gasteiger partial charge on any atom is -0.339 e. The molecule has 21 heavy (non-hydrogen) atoms. The van der Waals surface area contributed by atoms with E-state index in [1.54, 1.807) is 0 Å². The zero-order chi connectivity index (χ0) is 14.8. The highest BCUT2D eigenvalue weighted by Gasteiger charge is 2.21. The second kappa shape index (κ2) is 6.34. The van der Waals surface area contributed by atoms with Crippen LogP contribution in [-0.2, 0) is 0 Å². The lowest BCUT2D eigenvalue weighted by Crippen LogP contribution is -2.41. The number of piperidine rings is 1. The molecule has 1 aliphatic heterocycles. The number of benzene rings is 1. The van der Waals surface area contributed by atoms with Crippen molar-refractivity contribution < 1.29 is 0 Å². The molecule has 1 saturated heterocycles. The molecule has 0 amide bonds. The third-order valence-electron chi connectivity index (χ3n) is 3.80. The van der Waals surface area contributed by atoms with Gasteiger partial charge in [0.15, 0.2) is 5.82 Å². The van der Waals surface area contributed by atoms with Crippen LogP contribution < -0.4 is 10.2 Å². The molecule has 5 nitrogen and oxygen atoms in total. The maximum atomic E-state index is 6.08. The Bertz CT molecular complexity index is 601. The van der Waals surface area contributed by atoms with Crippen LogP contribution in [0.2, 0.25) is 5.02 Å². The first kappa shape index (κ1) is 14.8. The van der Waals surface area contributed by atoms with Crippen LogP contribution in [0.3, 0.4) is 0 Å². The van der Waals surface area contributed by atoms with Crippen molar-refractivity contribution in [3.8, 4) is 11.4 Å². The number of H-pyrrole nitrogens is 1. The van der Waals surface area contributed by atoms with Crippen molar-refractivity contribution in [2.75, 3.05) is 25.0 Å². The highest BCUT2D eigenvalue weighted by Crippen LogP contribution is 2.26. The Kier molecular flexibility index (Phi) is 4.47. The van der Waals surface area contributed by atoms with E-state index in [1.807, 2.05) is 25.2 Å². The molecule has 1 fully saturated rings. The van der Waals surface area contributed by atoms with Gasteiger partial charge in [0.25, 0.3) is 0 Å². The zero-order valence-corrected chi connectivity index (χ0v) is 14.1. The van der Waals surface area contributed by atoms with E-state index >= 15 is 0 Å². The van der Waals surface area contributed by atoms with Crippen LogP contribution in [0.5, 0.6) is 0 Å². The van der Waals surface area contributed by atoms with Crippen molar-refractivity contribution in [2.24, 2.45) is 0 Å². The summed E-state index contributed by atoms with van der Waals surface area (Å²) in [7, 11) is 2.02. The Morgan fingerprint density at radius 3 is 2.76 bits per heavy atom. The van der Waals surface area contributed by atoms with E-state index in [1.165, 1.54) is 0 Å². The van der Waals surface area contributed by atoms with Gasteiger partial charge in [0.2, 0.25) is 5.95 Å². The molecule has 3 rings (SSSR count). The van der Waals surface area contributed by atoms with Gasteiger partial charge < -0.3 is 10.2 Å². The molecular weight excluding hydrogens is 354 g/mol. The van der Waals surface area contributed by atoms with Crippen LogP contribution in [0.4, 0.5) is 5.95 Å². The number of anilines is 1. The number of hydrogen-bond acceptors (Lipinski definition) is 4. The number of nitrogens with one attached hydrogen (secondary N) is 2. The van der Waals surface area contributed by atoms with Gasteiger partial charge in [-0.1, -0.05) is 27.5 Å². The van der Waals surface area contributed by atoms with Crippen molar-refractivity contribution in [1.29, 1.82) is 0 Å². The second-order valence-corrected chi connectivity index (χ2v) is 6.54. The summed E-state index contributed by atoms with van der Waals surface area (Å²) in [6.45, 7) is 1.95. The molecule has 0 saturated carbocycles. The Morgan fingerprint density at radius 2 is 2.10 bits per heavy atom. The largest absolute Gasteiger partial charge is 0.339 e. The topological polar surface area (TPSA) is 56.8 Å². The van der Waals surface area contributed by atoms with Crippen LogP contribution in [0, 0.1) is 0 Å². The molecule has 1 aromatic heterocycles. The molecule has 1 aromatic carbocycles. The first-order valence-corrected chi connectivity index (χ1v) is 8.14. The SMILES string of the molecule is CNC1CCN(c2n[nH]c(-c3cc(Cl)cc(Br)c3)n2)CC1. The number of hydrogen-bond donors (Lipinski definition) is 2. The van der Waals surface area contributed by atoms with Crippen LogP contribution in [0.1, 0.15) is 12.8 Å². The molecule has 0 aliphatic carbocycles. The van der Waals surface area contributed by atoms with Crippen LogP contribution in [0.25, 0.3) is 11.4 Å². The fourth-order valence-corrected chi connectivity index (χ4v) is 3.44. The summed E-state index contributed by atoms with van der Waals surface area (Å²) in [5.41, 5.74) is 0.929. The lowest BCUT2D eigenvalue weighted by atomic mass is 10.1. The van der Waals surface area contributed by atoms with Crippen LogP contribution in [-0.4, -0.2) is 41.4 Å². The molecule has 2 heterocycles. The molecule has 0 bridgehead atoms. The van der Waals surface area contributed by atoms with Crippen molar-refractivity contribution in [1.82, 2.24) is 20.5 Å². The summed E-state index contributed by atoms with van der Waals surface area (Å²) < 4.78 is 0.929. The molecule has 0 spiro atoms. The van der Waals surface area contributed by atoms with Gasteiger partial charge in [0.1, 0.15) is 0 Å². The average Bonchev–Trinajstić information content (AvgIpc) is 2.96. The van der Waals surface area contributed by atoms with Gasteiger partial charge in [0.05, 0.1) is 0 Å².